The second kappa shape index (κ2) is 7.80. The normalized spacial score (nSPS) is 13.6. The number of alkyl halides is 1. The second-order valence-electron chi connectivity index (χ2n) is 5.28. The van der Waals surface area contributed by atoms with Gasteiger partial charge in [0.15, 0.2) is 0 Å². The third-order valence-corrected chi connectivity index (χ3v) is 5.15. The summed E-state index contributed by atoms with van der Waals surface area (Å²) < 4.78 is 0. The molecule has 0 aliphatic heterocycles. The van der Waals surface area contributed by atoms with Crippen molar-refractivity contribution in [3.05, 3.63) is 70.2 Å². The van der Waals surface area contributed by atoms with E-state index in [1.807, 2.05) is 36.4 Å². The molecule has 2 aromatic carbocycles. The highest BCUT2D eigenvalue weighted by molar-refractivity contribution is 9.09. The minimum absolute atomic E-state index is 0.167. The molecule has 1 N–H and O–H groups in total. The third-order valence-electron chi connectivity index (χ3n) is 3.73. The summed E-state index contributed by atoms with van der Waals surface area (Å²) in [5.74, 6) is -0.610. The summed E-state index contributed by atoms with van der Waals surface area (Å²) in [6.07, 6.45) is 2.08. The first-order valence-corrected chi connectivity index (χ1v) is 8.55. The molecule has 4 heteroatoms. The maximum absolute atomic E-state index is 11.0. The number of hydrogen-bond acceptors (Lipinski definition) is 1. The van der Waals surface area contributed by atoms with Crippen molar-refractivity contribution in [2.24, 2.45) is 0 Å². The van der Waals surface area contributed by atoms with Gasteiger partial charge in [0.05, 0.1) is 5.56 Å². The molecule has 0 fully saturated rings. The first-order valence-electron chi connectivity index (χ1n) is 7.25. The van der Waals surface area contributed by atoms with Gasteiger partial charge in [-0.15, -0.1) is 0 Å². The Hall–Kier alpha value is -1.32. The van der Waals surface area contributed by atoms with Gasteiger partial charge in [0.2, 0.25) is 0 Å². The lowest BCUT2D eigenvalue weighted by atomic mass is 9.88. The van der Waals surface area contributed by atoms with E-state index >= 15 is 0 Å². The SMILES string of the molecule is CCC[C@H](c1ccc(C(=O)O)cc1)[C@H](Br)c1ccc(Cl)cc1. The van der Waals surface area contributed by atoms with Crippen LogP contribution in [0.25, 0.3) is 0 Å². The Labute approximate surface area is 144 Å². The van der Waals surface area contributed by atoms with E-state index in [1.165, 1.54) is 5.56 Å². The van der Waals surface area contributed by atoms with Gasteiger partial charge in [-0.1, -0.05) is 65.1 Å². The smallest absolute Gasteiger partial charge is 0.335 e. The molecule has 116 valence electrons. The number of benzene rings is 2. The van der Waals surface area contributed by atoms with Crippen LogP contribution in [-0.2, 0) is 0 Å². The van der Waals surface area contributed by atoms with Crippen LogP contribution in [0.4, 0.5) is 0 Å². The van der Waals surface area contributed by atoms with Crippen molar-refractivity contribution >= 4 is 33.5 Å². The van der Waals surface area contributed by atoms with E-state index in [1.54, 1.807) is 12.1 Å². The Balaban J connectivity index is 2.28. The number of carboxylic acids is 1. The van der Waals surface area contributed by atoms with Crippen LogP contribution in [0, 0.1) is 0 Å². The summed E-state index contributed by atoms with van der Waals surface area (Å²) in [6.45, 7) is 2.15. The summed E-state index contributed by atoms with van der Waals surface area (Å²) >= 11 is 9.75. The summed E-state index contributed by atoms with van der Waals surface area (Å²) in [6, 6.07) is 15.0. The Morgan fingerprint density at radius 3 is 2.14 bits per heavy atom. The first-order chi connectivity index (χ1) is 10.5. The molecule has 0 spiro atoms. The predicted octanol–water partition coefficient (Wildman–Crippen LogP) is 6.06. The molecular weight excluding hydrogens is 364 g/mol. The van der Waals surface area contributed by atoms with Gasteiger partial charge in [-0.25, -0.2) is 4.79 Å². The van der Waals surface area contributed by atoms with Crippen molar-refractivity contribution in [1.82, 2.24) is 0 Å². The highest BCUT2D eigenvalue weighted by Crippen LogP contribution is 2.41. The zero-order valence-corrected chi connectivity index (χ0v) is 14.6. The van der Waals surface area contributed by atoms with Crippen molar-refractivity contribution in [2.45, 2.75) is 30.5 Å². The van der Waals surface area contributed by atoms with E-state index in [0.717, 1.165) is 23.4 Å². The quantitative estimate of drug-likeness (QED) is 0.618. The van der Waals surface area contributed by atoms with Crippen LogP contribution in [0.3, 0.4) is 0 Å². The molecule has 0 aromatic heterocycles. The lowest BCUT2D eigenvalue weighted by molar-refractivity contribution is 0.0697. The van der Waals surface area contributed by atoms with Gasteiger partial charge in [-0.3, -0.25) is 0 Å². The molecule has 2 atom stereocenters. The fourth-order valence-electron chi connectivity index (χ4n) is 2.54. The minimum Gasteiger partial charge on any atom is -0.478 e. The Bertz CT molecular complexity index is 623. The zero-order valence-electron chi connectivity index (χ0n) is 12.3. The average molecular weight is 382 g/mol. The number of aromatic carboxylic acids is 1. The van der Waals surface area contributed by atoms with Gasteiger partial charge in [0.25, 0.3) is 0 Å². The number of carboxylic acid groups (broad SMARTS) is 1. The van der Waals surface area contributed by atoms with E-state index in [9.17, 15) is 4.79 Å². The number of halogens is 2. The lowest BCUT2D eigenvalue weighted by Gasteiger charge is -2.23. The van der Waals surface area contributed by atoms with E-state index < -0.39 is 5.97 Å². The van der Waals surface area contributed by atoms with Crippen LogP contribution in [0.2, 0.25) is 5.02 Å². The van der Waals surface area contributed by atoms with Gasteiger partial charge in [0.1, 0.15) is 0 Å². The van der Waals surface area contributed by atoms with E-state index in [2.05, 4.69) is 22.9 Å². The molecule has 0 bridgehead atoms. The predicted molar refractivity (Wildman–Crippen MR) is 94.2 cm³/mol. The maximum Gasteiger partial charge on any atom is 0.335 e. The van der Waals surface area contributed by atoms with E-state index in [0.29, 0.717) is 5.56 Å². The molecule has 2 aromatic rings. The van der Waals surface area contributed by atoms with Crippen molar-refractivity contribution in [3.63, 3.8) is 0 Å². The first kappa shape index (κ1) is 17.0. The van der Waals surface area contributed by atoms with Gasteiger partial charge in [0, 0.05) is 15.8 Å². The maximum atomic E-state index is 11.0. The molecule has 0 heterocycles. The molecule has 0 radical (unpaired) electrons. The molecular formula is C18H18BrClO2. The zero-order chi connectivity index (χ0) is 16.1. The van der Waals surface area contributed by atoms with Gasteiger partial charge in [-0.05, 0) is 41.8 Å². The second-order valence-corrected chi connectivity index (χ2v) is 6.70. The Kier molecular flexibility index (Phi) is 6.04. The van der Waals surface area contributed by atoms with Crippen LogP contribution >= 0.6 is 27.5 Å². The van der Waals surface area contributed by atoms with Crippen LogP contribution in [0.15, 0.2) is 48.5 Å². The standard InChI is InChI=1S/C18H18BrClO2/c1-2-3-16(12-4-6-14(7-5-12)18(21)22)17(19)13-8-10-15(20)11-9-13/h4-11,16-17H,2-3H2,1H3,(H,21,22)/t16-,17-/m1/s1. The summed E-state index contributed by atoms with van der Waals surface area (Å²) in [7, 11) is 0. The van der Waals surface area contributed by atoms with E-state index in [-0.39, 0.29) is 10.7 Å². The summed E-state index contributed by atoms with van der Waals surface area (Å²) in [5.41, 5.74) is 2.63. The highest BCUT2D eigenvalue weighted by atomic mass is 79.9. The lowest BCUT2D eigenvalue weighted by Crippen LogP contribution is -2.07. The van der Waals surface area contributed by atoms with Gasteiger partial charge in [-0.2, -0.15) is 0 Å². The van der Waals surface area contributed by atoms with Crippen LogP contribution in [-0.4, -0.2) is 11.1 Å². The average Bonchev–Trinajstić information content (AvgIpc) is 2.53. The molecule has 2 rings (SSSR count). The van der Waals surface area contributed by atoms with Crippen molar-refractivity contribution < 1.29 is 9.90 Å². The Morgan fingerprint density at radius 1 is 1.09 bits per heavy atom. The number of rotatable bonds is 6. The van der Waals surface area contributed by atoms with Crippen LogP contribution < -0.4 is 0 Å². The Morgan fingerprint density at radius 2 is 1.64 bits per heavy atom. The molecule has 0 unspecified atom stereocenters. The fourth-order valence-corrected chi connectivity index (χ4v) is 3.55. The fraction of sp³-hybridized carbons (Fsp3) is 0.278. The minimum atomic E-state index is -0.897. The number of hydrogen-bond donors (Lipinski definition) is 1. The third kappa shape index (κ3) is 4.11. The van der Waals surface area contributed by atoms with Crippen molar-refractivity contribution in [3.8, 4) is 0 Å². The molecule has 0 saturated carbocycles. The molecule has 0 aliphatic carbocycles. The molecule has 0 amide bonds. The summed E-state index contributed by atoms with van der Waals surface area (Å²) in [4.78, 5) is 11.1. The van der Waals surface area contributed by atoms with Crippen LogP contribution in [0.1, 0.15) is 52.0 Å². The largest absolute Gasteiger partial charge is 0.478 e. The van der Waals surface area contributed by atoms with Crippen molar-refractivity contribution in [1.29, 1.82) is 0 Å². The molecule has 0 aliphatic rings. The highest BCUT2D eigenvalue weighted by Gasteiger charge is 2.22. The van der Waals surface area contributed by atoms with Gasteiger partial charge < -0.3 is 5.11 Å². The monoisotopic (exact) mass is 380 g/mol. The van der Waals surface area contributed by atoms with Crippen molar-refractivity contribution in [2.75, 3.05) is 0 Å². The molecule has 2 nitrogen and oxygen atoms in total. The summed E-state index contributed by atoms with van der Waals surface area (Å²) in [5, 5.41) is 9.73. The molecule has 0 saturated heterocycles. The van der Waals surface area contributed by atoms with Crippen LogP contribution in [0.5, 0.6) is 0 Å². The van der Waals surface area contributed by atoms with Gasteiger partial charge >= 0.3 is 5.97 Å². The number of carbonyl (C=O) groups is 1. The molecule has 22 heavy (non-hydrogen) atoms. The topological polar surface area (TPSA) is 37.3 Å². The van der Waals surface area contributed by atoms with E-state index in [4.69, 9.17) is 16.7 Å².